The molecule has 0 bridgehead atoms. The van der Waals surface area contributed by atoms with E-state index in [4.69, 9.17) is 9.05 Å². The van der Waals surface area contributed by atoms with Gasteiger partial charge in [-0.05, 0) is 76.4 Å². The zero-order valence-corrected chi connectivity index (χ0v) is 37.7. The second-order valence-electron chi connectivity index (χ2n) is 16.8. The van der Waals surface area contributed by atoms with Crippen LogP contribution in [0.5, 0.6) is 0 Å². The van der Waals surface area contributed by atoms with Crippen LogP contribution in [-0.4, -0.2) is 43.9 Å². The molecule has 2 unspecified atom stereocenters. The van der Waals surface area contributed by atoms with Gasteiger partial charge >= 0.3 is 7.60 Å². The van der Waals surface area contributed by atoms with Gasteiger partial charge in [0.25, 0.3) is 0 Å². The van der Waals surface area contributed by atoms with Crippen molar-refractivity contribution in [2.45, 2.75) is 253 Å². The first kappa shape index (κ1) is 52.1. The van der Waals surface area contributed by atoms with E-state index in [9.17, 15) is 4.57 Å². The van der Waals surface area contributed by atoms with Gasteiger partial charge in [0.15, 0.2) is 0 Å². The van der Waals surface area contributed by atoms with Crippen LogP contribution >= 0.6 is 7.60 Å². The van der Waals surface area contributed by atoms with Crippen LogP contribution in [0.1, 0.15) is 253 Å². The van der Waals surface area contributed by atoms with Gasteiger partial charge in [-0.2, -0.15) is 0 Å². The van der Waals surface area contributed by atoms with E-state index in [1.165, 1.54) is 219 Å². The van der Waals surface area contributed by atoms with E-state index in [1.54, 1.807) is 0 Å². The molecular formula is C47H98NO3P. The second kappa shape index (κ2) is 40.8. The summed E-state index contributed by atoms with van der Waals surface area (Å²) in [4.78, 5) is 2.67. The predicted molar refractivity (Wildman–Crippen MR) is 234 cm³/mol. The fourth-order valence-corrected chi connectivity index (χ4v) is 9.46. The molecule has 0 N–H and O–H groups in total. The molecular weight excluding hydrogens is 657 g/mol. The Morgan fingerprint density at radius 1 is 0.365 bits per heavy atom. The van der Waals surface area contributed by atoms with Gasteiger partial charge in [-0.3, -0.25) is 4.57 Å². The van der Waals surface area contributed by atoms with Gasteiger partial charge in [0.1, 0.15) is 0 Å². The van der Waals surface area contributed by atoms with Crippen LogP contribution in [-0.2, 0) is 13.6 Å². The Hall–Kier alpha value is 0.110. The summed E-state index contributed by atoms with van der Waals surface area (Å²) in [6.45, 7) is 18.4. The van der Waals surface area contributed by atoms with E-state index in [0.717, 1.165) is 13.0 Å². The number of hydrogen-bond acceptors (Lipinski definition) is 4. The molecule has 0 spiro atoms. The Balaban J connectivity index is 5.67. The van der Waals surface area contributed by atoms with E-state index in [2.05, 4.69) is 46.4 Å². The highest BCUT2D eigenvalue weighted by atomic mass is 31.2. The molecule has 0 aliphatic carbocycles. The molecule has 52 heavy (non-hydrogen) atoms. The maximum atomic E-state index is 14.8. The first-order chi connectivity index (χ1) is 25.5. The van der Waals surface area contributed by atoms with Gasteiger partial charge in [0.05, 0.1) is 19.4 Å². The Morgan fingerprint density at radius 3 is 0.981 bits per heavy atom. The quantitative estimate of drug-likeness (QED) is 0.0458. The first-order valence-electron chi connectivity index (χ1n) is 24.1. The van der Waals surface area contributed by atoms with Crippen LogP contribution in [0.15, 0.2) is 0 Å². The summed E-state index contributed by atoms with van der Waals surface area (Å²) >= 11 is 0. The van der Waals surface area contributed by atoms with Gasteiger partial charge in [0, 0.05) is 0 Å². The fourth-order valence-electron chi connectivity index (χ4n) is 7.72. The van der Waals surface area contributed by atoms with Crippen LogP contribution in [0.2, 0.25) is 0 Å². The number of rotatable bonds is 44. The molecule has 2 atom stereocenters. The number of unbranched alkanes of at least 4 members (excludes halogenated alkanes) is 22. The molecule has 0 saturated heterocycles. The zero-order valence-electron chi connectivity index (χ0n) is 36.9. The van der Waals surface area contributed by atoms with E-state index < -0.39 is 7.60 Å². The van der Waals surface area contributed by atoms with Gasteiger partial charge in [0.2, 0.25) is 0 Å². The lowest BCUT2D eigenvalue weighted by molar-refractivity contribution is 0.145. The molecule has 0 aliphatic heterocycles. The Morgan fingerprint density at radius 2 is 0.635 bits per heavy atom. The van der Waals surface area contributed by atoms with Gasteiger partial charge in [-0.15, -0.1) is 0 Å². The largest absolute Gasteiger partial charge is 0.330 e. The minimum Gasteiger partial charge on any atom is -0.308 e. The maximum Gasteiger partial charge on any atom is 0.330 e. The summed E-state index contributed by atoms with van der Waals surface area (Å²) in [5, 5.41) is 0. The van der Waals surface area contributed by atoms with Crippen molar-refractivity contribution in [2.75, 3.05) is 39.0 Å². The third kappa shape index (κ3) is 34.6. The molecule has 0 amide bonds. The molecule has 0 aliphatic rings. The van der Waals surface area contributed by atoms with Crippen LogP contribution < -0.4 is 0 Å². The molecule has 0 rings (SSSR count). The number of nitrogens with zero attached hydrogens (tertiary/aromatic N) is 1. The highest BCUT2D eigenvalue weighted by molar-refractivity contribution is 7.53. The molecule has 0 fully saturated rings. The Labute approximate surface area is 329 Å². The third-order valence-corrected chi connectivity index (χ3v) is 13.4. The maximum absolute atomic E-state index is 14.8. The summed E-state index contributed by atoms with van der Waals surface area (Å²) in [5.41, 5.74) is 0. The van der Waals surface area contributed by atoms with Gasteiger partial charge in [-0.25, -0.2) is 0 Å². The molecule has 314 valence electrons. The molecule has 0 aromatic carbocycles. The van der Waals surface area contributed by atoms with E-state index in [-0.39, 0.29) is 0 Å². The summed E-state index contributed by atoms with van der Waals surface area (Å²) in [6, 6.07) is 0. The summed E-state index contributed by atoms with van der Waals surface area (Å²) in [6.07, 6.45) is 43.0. The zero-order chi connectivity index (χ0) is 38.2. The van der Waals surface area contributed by atoms with Crippen LogP contribution in [0.4, 0.5) is 0 Å². The van der Waals surface area contributed by atoms with Crippen molar-refractivity contribution in [1.82, 2.24) is 4.90 Å². The van der Waals surface area contributed by atoms with E-state index >= 15 is 0 Å². The summed E-state index contributed by atoms with van der Waals surface area (Å²) < 4.78 is 28.0. The molecule has 4 nitrogen and oxygen atoms in total. The van der Waals surface area contributed by atoms with Crippen molar-refractivity contribution in [2.24, 2.45) is 11.8 Å². The monoisotopic (exact) mass is 756 g/mol. The predicted octanol–water partition coefficient (Wildman–Crippen LogP) is 16.7. The SMILES string of the molecule is CCCCCCCCC(CCCCCC)COP(=O)(CCCN(CCCCCC)CCCCCC)OCC(CCCCCC)CCCCCCCC. The molecule has 0 aromatic heterocycles. The summed E-state index contributed by atoms with van der Waals surface area (Å²) in [7, 11) is -3.18. The average Bonchev–Trinajstić information content (AvgIpc) is 3.15. The Kier molecular flexibility index (Phi) is 40.8. The lowest BCUT2D eigenvalue weighted by atomic mass is 9.95. The molecule has 5 heteroatoms. The molecule has 0 aromatic rings. The Bertz CT molecular complexity index is 681. The standard InChI is InChI=1S/C47H98NO3P/c1-7-13-19-25-27-31-38-46(36-29-21-15-9-3)44-50-52(49,43-35-42-48(40-33-23-17-11-5)41-34-24-18-12-6)51-45-47(37-30-22-16-10-4)39-32-28-26-20-14-8-2/h46-47H,7-45H2,1-6H3. The van der Waals surface area contributed by atoms with Crippen molar-refractivity contribution in [3.63, 3.8) is 0 Å². The first-order valence-corrected chi connectivity index (χ1v) is 25.8. The van der Waals surface area contributed by atoms with Crippen LogP contribution in [0.25, 0.3) is 0 Å². The molecule has 0 radical (unpaired) electrons. The third-order valence-electron chi connectivity index (χ3n) is 11.4. The van der Waals surface area contributed by atoms with Crippen LogP contribution in [0, 0.1) is 11.8 Å². The highest BCUT2D eigenvalue weighted by Gasteiger charge is 2.28. The van der Waals surface area contributed by atoms with Crippen molar-refractivity contribution in [3.8, 4) is 0 Å². The van der Waals surface area contributed by atoms with Crippen molar-refractivity contribution in [1.29, 1.82) is 0 Å². The lowest BCUT2D eigenvalue weighted by Gasteiger charge is -2.27. The minimum absolute atomic E-state index is 0.501. The summed E-state index contributed by atoms with van der Waals surface area (Å²) in [5.74, 6) is 1.00. The smallest absolute Gasteiger partial charge is 0.308 e. The van der Waals surface area contributed by atoms with Gasteiger partial charge in [-0.1, -0.05) is 208 Å². The fraction of sp³-hybridized carbons (Fsp3) is 1.00. The minimum atomic E-state index is -3.18. The van der Waals surface area contributed by atoms with E-state index in [0.29, 0.717) is 31.2 Å². The van der Waals surface area contributed by atoms with Crippen molar-refractivity contribution < 1.29 is 13.6 Å². The second-order valence-corrected chi connectivity index (χ2v) is 19.0. The lowest BCUT2D eigenvalue weighted by Crippen LogP contribution is -2.28. The average molecular weight is 756 g/mol. The van der Waals surface area contributed by atoms with E-state index in [1.807, 2.05) is 0 Å². The number of hydrogen-bond donors (Lipinski definition) is 0. The molecule has 0 heterocycles. The molecule has 0 saturated carbocycles. The normalized spacial score (nSPS) is 14.3. The topological polar surface area (TPSA) is 38.8 Å². The van der Waals surface area contributed by atoms with Crippen molar-refractivity contribution in [3.05, 3.63) is 0 Å². The van der Waals surface area contributed by atoms with Crippen molar-refractivity contribution >= 4 is 7.60 Å². The van der Waals surface area contributed by atoms with Gasteiger partial charge < -0.3 is 13.9 Å². The highest BCUT2D eigenvalue weighted by Crippen LogP contribution is 2.50. The van der Waals surface area contributed by atoms with Crippen LogP contribution in [0.3, 0.4) is 0 Å².